The van der Waals surface area contributed by atoms with Crippen molar-refractivity contribution in [2.75, 3.05) is 30.8 Å². The molecule has 0 fully saturated rings. The summed E-state index contributed by atoms with van der Waals surface area (Å²) in [5, 5.41) is 0.768. The highest BCUT2D eigenvalue weighted by Gasteiger charge is 2.16. The van der Waals surface area contributed by atoms with Crippen LogP contribution in [0.25, 0.3) is 0 Å². The Hall–Kier alpha value is 0.350. The third-order valence-corrected chi connectivity index (χ3v) is 3.62. The molecule has 0 spiro atoms. The van der Waals surface area contributed by atoms with E-state index in [1.807, 2.05) is 20.8 Å². The minimum Gasteiger partial charge on any atom is -0.379 e. The van der Waals surface area contributed by atoms with Crippen molar-refractivity contribution in [3.8, 4) is 0 Å². The first-order valence-electron chi connectivity index (χ1n) is 5.38. The van der Waals surface area contributed by atoms with E-state index in [0.29, 0.717) is 26.2 Å². The lowest BCUT2D eigenvalue weighted by molar-refractivity contribution is 0.156. The summed E-state index contributed by atoms with van der Waals surface area (Å²) in [6.45, 7) is 7.45. The van der Waals surface area contributed by atoms with Gasteiger partial charge in [0.05, 0.1) is 19.0 Å². The minimum absolute atomic E-state index is 0.0429. The van der Waals surface area contributed by atoms with Crippen LogP contribution in [0.1, 0.15) is 27.2 Å². The SMILES string of the molecule is CC(C)(C)CCS(=O)(=O)NCCOCCBr. The smallest absolute Gasteiger partial charge is 0.211 e. The van der Waals surface area contributed by atoms with Gasteiger partial charge in [0.15, 0.2) is 0 Å². The minimum atomic E-state index is -3.14. The molecule has 0 heterocycles. The molecular weight excluding hydrogens is 294 g/mol. The van der Waals surface area contributed by atoms with Crippen LogP contribution in [0.2, 0.25) is 0 Å². The molecule has 0 aliphatic rings. The van der Waals surface area contributed by atoms with Crippen LogP contribution in [-0.2, 0) is 14.8 Å². The van der Waals surface area contributed by atoms with Crippen LogP contribution in [0.3, 0.4) is 0 Å². The summed E-state index contributed by atoms with van der Waals surface area (Å²) in [6, 6.07) is 0. The Bertz CT molecular complexity index is 272. The zero-order chi connectivity index (χ0) is 12.7. The summed E-state index contributed by atoms with van der Waals surface area (Å²) in [7, 11) is -3.14. The van der Waals surface area contributed by atoms with Gasteiger partial charge in [-0.25, -0.2) is 13.1 Å². The van der Waals surface area contributed by atoms with E-state index in [-0.39, 0.29) is 11.2 Å². The number of halogens is 1. The molecule has 0 atom stereocenters. The van der Waals surface area contributed by atoms with Gasteiger partial charge in [-0.3, -0.25) is 0 Å². The monoisotopic (exact) mass is 315 g/mol. The molecule has 0 aliphatic carbocycles. The molecule has 0 radical (unpaired) electrons. The van der Waals surface area contributed by atoms with Gasteiger partial charge in [0.25, 0.3) is 0 Å². The maximum Gasteiger partial charge on any atom is 0.211 e. The first-order chi connectivity index (χ1) is 7.27. The van der Waals surface area contributed by atoms with Crippen LogP contribution >= 0.6 is 15.9 Å². The van der Waals surface area contributed by atoms with Gasteiger partial charge in [0.1, 0.15) is 0 Å². The van der Waals surface area contributed by atoms with E-state index in [1.54, 1.807) is 0 Å². The van der Waals surface area contributed by atoms with E-state index < -0.39 is 10.0 Å². The van der Waals surface area contributed by atoms with Gasteiger partial charge in [-0.15, -0.1) is 0 Å². The second kappa shape index (κ2) is 7.63. The summed E-state index contributed by atoms with van der Waals surface area (Å²) in [6.07, 6.45) is 0.657. The molecule has 0 rings (SSSR count). The highest BCUT2D eigenvalue weighted by molar-refractivity contribution is 9.09. The Morgan fingerprint density at radius 3 is 2.38 bits per heavy atom. The summed E-state index contributed by atoms with van der Waals surface area (Å²) in [5.74, 6) is 0.176. The molecule has 4 nitrogen and oxygen atoms in total. The zero-order valence-corrected chi connectivity index (χ0v) is 12.7. The van der Waals surface area contributed by atoms with Crippen molar-refractivity contribution in [1.82, 2.24) is 4.72 Å². The third-order valence-electron chi connectivity index (χ3n) is 1.91. The largest absolute Gasteiger partial charge is 0.379 e. The first-order valence-corrected chi connectivity index (χ1v) is 8.15. The standard InChI is InChI=1S/C10H22BrNO3S/c1-10(2,3)4-9-16(13,14)12-6-8-15-7-5-11/h12H,4-9H2,1-3H3. The first kappa shape index (κ1) is 16.4. The summed E-state index contributed by atoms with van der Waals surface area (Å²) >= 11 is 3.22. The third kappa shape index (κ3) is 10.9. The molecule has 0 saturated heterocycles. The number of hydrogen-bond acceptors (Lipinski definition) is 3. The van der Waals surface area contributed by atoms with Crippen molar-refractivity contribution in [3.63, 3.8) is 0 Å². The van der Waals surface area contributed by atoms with Gasteiger partial charge in [-0.1, -0.05) is 36.7 Å². The lowest BCUT2D eigenvalue weighted by Crippen LogP contribution is -2.31. The highest BCUT2D eigenvalue weighted by Crippen LogP contribution is 2.18. The second-order valence-corrected chi connectivity index (χ2v) is 7.54. The Labute approximate surface area is 107 Å². The zero-order valence-electron chi connectivity index (χ0n) is 10.3. The van der Waals surface area contributed by atoms with Gasteiger partial charge in [0.2, 0.25) is 10.0 Å². The van der Waals surface area contributed by atoms with E-state index >= 15 is 0 Å². The molecular formula is C10H22BrNO3S. The van der Waals surface area contributed by atoms with E-state index in [2.05, 4.69) is 20.7 Å². The Morgan fingerprint density at radius 2 is 1.88 bits per heavy atom. The van der Waals surface area contributed by atoms with E-state index in [1.165, 1.54) is 0 Å². The maximum absolute atomic E-state index is 11.5. The van der Waals surface area contributed by atoms with Crippen LogP contribution in [0.15, 0.2) is 0 Å². The lowest BCUT2D eigenvalue weighted by atomic mass is 9.94. The fourth-order valence-corrected chi connectivity index (χ4v) is 2.59. The summed E-state index contributed by atoms with van der Waals surface area (Å²) in [5.41, 5.74) is 0.0429. The average Bonchev–Trinajstić information content (AvgIpc) is 2.14. The molecule has 0 unspecified atom stereocenters. The van der Waals surface area contributed by atoms with Crippen molar-refractivity contribution < 1.29 is 13.2 Å². The summed E-state index contributed by atoms with van der Waals surface area (Å²) < 4.78 is 30.7. The van der Waals surface area contributed by atoms with Crippen LogP contribution in [0.5, 0.6) is 0 Å². The molecule has 0 amide bonds. The van der Waals surface area contributed by atoms with Gasteiger partial charge in [0, 0.05) is 11.9 Å². The van der Waals surface area contributed by atoms with Crippen LogP contribution in [0.4, 0.5) is 0 Å². The number of nitrogens with one attached hydrogen (secondary N) is 1. The van der Waals surface area contributed by atoms with Gasteiger partial charge in [-0.05, 0) is 11.8 Å². The topological polar surface area (TPSA) is 55.4 Å². The molecule has 0 bridgehead atoms. The molecule has 6 heteroatoms. The molecule has 98 valence electrons. The lowest BCUT2D eigenvalue weighted by Gasteiger charge is -2.17. The van der Waals surface area contributed by atoms with Crippen molar-refractivity contribution in [3.05, 3.63) is 0 Å². The van der Waals surface area contributed by atoms with Crippen LogP contribution < -0.4 is 4.72 Å². The number of hydrogen-bond donors (Lipinski definition) is 1. The Kier molecular flexibility index (Phi) is 7.80. The van der Waals surface area contributed by atoms with E-state index in [4.69, 9.17) is 4.74 Å². The molecule has 0 aromatic carbocycles. The van der Waals surface area contributed by atoms with Crippen molar-refractivity contribution in [1.29, 1.82) is 0 Å². The predicted octanol–water partition coefficient (Wildman–Crippen LogP) is 1.75. The Morgan fingerprint density at radius 1 is 1.25 bits per heavy atom. The fraction of sp³-hybridized carbons (Fsp3) is 1.00. The van der Waals surface area contributed by atoms with Crippen LogP contribution in [-0.4, -0.2) is 39.3 Å². The highest BCUT2D eigenvalue weighted by atomic mass is 79.9. The van der Waals surface area contributed by atoms with Gasteiger partial charge >= 0.3 is 0 Å². The quantitative estimate of drug-likeness (QED) is 0.548. The molecule has 0 aliphatic heterocycles. The average molecular weight is 316 g/mol. The molecule has 0 aromatic rings. The number of ether oxygens (including phenoxy) is 1. The molecule has 1 N–H and O–H groups in total. The van der Waals surface area contributed by atoms with Crippen molar-refractivity contribution in [2.24, 2.45) is 5.41 Å². The second-order valence-electron chi connectivity index (χ2n) is 4.83. The fourth-order valence-electron chi connectivity index (χ4n) is 0.939. The normalized spacial score (nSPS) is 13.0. The number of alkyl halides is 1. The predicted molar refractivity (Wildman–Crippen MR) is 70.5 cm³/mol. The van der Waals surface area contributed by atoms with E-state index in [0.717, 1.165) is 5.33 Å². The van der Waals surface area contributed by atoms with Crippen LogP contribution in [0, 0.1) is 5.41 Å². The summed E-state index contributed by atoms with van der Waals surface area (Å²) in [4.78, 5) is 0. The molecule has 0 saturated carbocycles. The number of sulfonamides is 1. The Balaban J connectivity index is 3.71. The molecule has 0 aromatic heterocycles. The number of rotatable bonds is 8. The van der Waals surface area contributed by atoms with E-state index in [9.17, 15) is 8.42 Å². The van der Waals surface area contributed by atoms with Crippen molar-refractivity contribution in [2.45, 2.75) is 27.2 Å². The van der Waals surface area contributed by atoms with Crippen molar-refractivity contribution >= 4 is 26.0 Å². The maximum atomic E-state index is 11.5. The van der Waals surface area contributed by atoms with Gasteiger partial charge < -0.3 is 4.74 Å². The van der Waals surface area contributed by atoms with Gasteiger partial charge in [-0.2, -0.15) is 0 Å². The molecule has 16 heavy (non-hydrogen) atoms.